The van der Waals surface area contributed by atoms with Crippen molar-refractivity contribution in [2.75, 3.05) is 29.7 Å². The highest BCUT2D eigenvalue weighted by Crippen LogP contribution is 2.28. The van der Waals surface area contributed by atoms with Gasteiger partial charge in [0.25, 0.3) is 0 Å². The molecule has 0 aliphatic carbocycles. The smallest absolute Gasteiger partial charge is 0.110 e. The van der Waals surface area contributed by atoms with Crippen LogP contribution < -0.4 is 4.90 Å². The van der Waals surface area contributed by atoms with Gasteiger partial charge in [0.1, 0.15) is 5.82 Å². The Labute approximate surface area is 186 Å². The second-order valence-electron chi connectivity index (χ2n) is 6.64. The Balaban J connectivity index is 1.91. The van der Waals surface area contributed by atoms with Crippen LogP contribution in [0.15, 0.2) is 53.8 Å². The molecule has 7 heteroatoms. The number of aliphatic imine (C=N–C) groups is 1. The monoisotopic (exact) mass is 448 g/mol. The summed E-state index contributed by atoms with van der Waals surface area (Å²) in [6, 6.07) is 12.0. The summed E-state index contributed by atoms with van der Waals surface area (Å²) in [7, 11) is 0. The molecule has 29 heavy (non-hydrogen) atoms. The maximum Gasteiger partial charge on any atom is 0.110 e. The lowest BCUT2D eigenvalue weighted by Crippen LogP contribution is -2.27. The number of hydrogen-bond acceptors (Lipinski definition) is 3. The van der Waals surface area contributed by atoms with Crippen LogP contribution in [-0.2, 0) is 0 Å². The molecule has 2 aromatic carbocycles. The molecule has 152 valence electrons. The van der Waals surface area contributed by atoms with E-state index in [1.165, 1.54) is 0 Å². The third kappa shape index (κ3) is 5.33. The van der Waals surface area contributed by atoms with Gasteiger partial charge in [0, 0.05) is 54.2 Å². The molecule has 3 rings (SSSR count). The van der Waals surface area contributed by atoms with Gasteiger partial charge in [-0.3, -0.25) is 4.99 Å². The lowest BCUT2D eigenvalue weighted by molar-refractivity contribution is 0.873. The molecule has 0 saturated carbocycles. The maximum absolute atomic E-state index is 6.22. The first-order chi connectivity index (χ1) is 14.0. The fourth-order valence-electron chi connectivity index (χ4n) is 3.15. The number of nitrogens with zero attached hydrogens (tertiary/aromatic N) is 4. The third-order valence-electron chi connectivity index (χ3n) is 4.69. The van der Waals surface area contributed by atoms with E-state index in [1.54, 1.807) is 6.20 Å². The molecule has 0 aliphatic rings. The first kappa shape index (κ1) is 21.7. The summed E-state index contributed by atoms with van der Waals surface area (Å²) in [5, 5.41) is 0.642. The van der Waals surface area contributed by atoms with E-state index >= 15 is 0 Å². The molecule has 0 bridgehead atoms. The van der Waals surface area contributed by atoms with Gasteiger partial charge in [-0.15, -0.1) is 23.2 Å². The van der Waals surface area contributed by atoms with Crippen molar-refractivity contribution >= 4 is 52.4 Å². The normalized spacial score (nSPS) is 11.3. The minimum Gasteiger partial charge on any atom is -0.369 e. The van der Waals surface area contributed by atoms with Crippen molar-refractivity contribution in [2.45, 2.75) is 13.8 Å². The van der Waals surface area contributed by atoms with Crippen molar-refractivity contribution in [3.63, 3.8) is 0 Å². The lowest BCUT2D eigenvalue weighted by atomic mass is 10.1. The number of anilines is 1. The largest absolute Gasteiger partial charge is 0.369 e. The van der Waals surface area contributed by atoms with Crippen molar-refractivity contribution in [3.05, 3.63) is 70.8 Å². The SMILES string of the molecule is Cc1cc(N(CCCl)CCCl)ccc1C=Nc1cc(Cl)ccc1-n1ccnc1C. The van der Waals surface area contributed by atoms with Gasteiger partial charge >= 0.3 is 0 Å². The Morgan fingerprint density at radius 2 is 1.83 bits per heavy atom. The van der Waals surface area contributed by atoms with Gasteiger partial charge in [-0.2, -0.15) is 0 Å². The minimum absolute atomic E-state index is 0.560. The zero-order valence-electron chi connectivity index (χ0n) is 16.4. The Kier molecular flexibility index (Phi) is 7.59. The second-order valence-corrected chi connectivity index (χ2v) is 7.83. The molecule has 0 unspecified atom stereocenters. The van der Waals surface area contributed by atoms with E-state index in [2.05, 4.69) is 35.0 Å². The molecule has 0 spiro atoms. The van der Waals surface area contributed by atoms with Crippen LogP contribution >= 0.6 is 34.8 Å². The number of aromatic nitrogens is 2. The molecule has 0 aliphatic heterocycles. The number of hydrogen-bond donors (Lipinski definition) is 0. The zero-order valence-corrected chi connectivity index (χ0v) is 18.7. The molecule has 0 N–H and O–H groups in total. The zero-order chi connectivity index (χ0) is 20.8. The van der Waals surface area contributed by atoms with Crippen LogP contribution in [0.25, 0.3) is 5.69 Å². The number of benzene rings is 2. The Hall–Kier alpha value is -2.01. The van der Waals surface area contributed by atoms with Crippen LogP contribution in [0, 0.1) is 13.8 Å². The number of alkyl halides is 2. The van der Waals surface area contributed by atoms with Crippen molar-refractivity contribution in [1.29, 1.82) is 0 Å². The van der Waals surface area contributed by atoms with E-state index < -0.39 is 0 Å². The summed E-state index contributed by atoms with van der Waals surface area (Å²) in [5.41, 5.74) is 5.00. The highest BCUT2D eigenvalue weighted by Gasteiger charge is 2.09. The first-order valence-corrected chi connectivity index (χ1v) is 10.8. The summed E-state index contributed by atoms with van der Waals surface area (Å²) in [5.74, 6) is 2.01. The summed E-state index contributed by atoms with van der Waals surface area (Å²) >= 11 is 18.1. The standard InChI is InChI=1S/C22H23Cl3N4/c1-16-13-20(28(10-7-23)11-8-24)5-3-18(16)15-27-21-14-19(25)4-6-22(21)29-12-9-26-17(29)2/h3-6,9,12-15H,7-8,10-11H2,1-2H3. The van der Waals surface area contributed by atoms with Crippen molar-refractivity contribution in [1.82, 2.24) is 9.55 Å². The van der Waals surface area contributed by atoms with Gasteiger partial charge in [-0.25, -0.2) is 4.98 Å². The summed E-state index contributed by atoms with van der Waals surface area (Å²) in [6.07, 6.45) is 5.56. The second kappa shape index (κ2) is 10.1. The van der Waals surface area contributed by atoms with E-state index in [1.807, 2.05) is 42.1 Å². The first-order valence-electron chi connectivity index (χ1n) is 9.35. The van der Waals surface area contributed by atoms with Gasteiger partial charge in [-0.1, -0.05) is 17.7 Å². The van der Waals surface area contributed by atoms with Crippen LogP contribution in [-0.4, -0.2) is 40.6 Å². The van der Waals surface area contributed by atoms with Crippen LogP contribution in [0.1, 0.15) is 17.0 Å². The average molecular weight is 450 g/mol. The minimum atomic E-state index is 0.560. The highest BCUT2D eigenvalue weighted by molar-refractivity contribution is 6.31. The molecule has 0 amide bonds. The number of halogens is 3. The van der Waals surface area contributed by atoms with Crippen molar-refractivity contribution in [2.24, 2.45) is 4.99 Å². The summed E-state index contributed by atoms with van der Waals surface area (Å²) < 4.78 is 2.00. The van der Waals surface area contributed by atoms with Crippen LogP contribution in [0.5, 0.6) is 0 Å². The molecule has 0 fully saturated rings. The van der Waals surface area contributed by atoms with Gasteiger partial charge in [0.2, 0.25) is 0 Å². The van der Waals surface area contributed by atoms with Gasteiger partial charge < -0.3 is 9.47 Å². The molecular weight excluding hydrogens is 427 g/mol. The molecule has 0 saturated heterocycles. The van der Waals surface area contributed by atoms with E-state index in [0.29, 0.717) is 16.8 Å². The van der Waals surface area contributed by atoms with E-state index in [0.717, 1.165) is 47.1 Å². The van der Waals surface area contributed by atoms with Gasteiger partial charge in [-0.05, 0) is 55.3 Å². The van der Waals surface area contributed by atoms with Gasteiger partial charge in [0.15, 0.2) is 0 Å². The van der Waals surface area contributed by atoms with Crippen molar-refractivity contribution in [3.8, 4) is 5.69 Å². The number of imidazole rings is 1. The molecule has 1 heterocycles. The van der Waals surface area contributed by atoms with Crippen LogP contribution in [0.3, 0.4) is 0 Å². The lowest BCUT2D eigenvalue weighted by Gasteiger charge is -2.23. The molecule has 4 nitrogen and oxygen atoms in total. The molecular formula is C22H23Cl3N4. The fourth-order valence-corrected chi connectivity index (χ4v) is 3.73. The van der Waals surface area contributed by atoms with E-state index in [4.69, 9.17) is 39.8 Å². The van der Waals surface area contributed by atoms with E-state index in [9.17, 15) is 0 Å². The quantitative estimate of drug-likeness (QED) is 0.304. The van der Waals surface area contributed by atoms with Crippen molar-refractivity contribution < 1.29 is 0 Å². The van der Waals surface area contributed by atoms with E-state index in [-0.39, 0.29) is 0 Å². The molecule has 3 aromatic rings. The highest BCUT2D eigenvalue weighted by atomic mass is 35.5. The van der Waals surface area contributed by atoms with Gasteiger partial charge in [0.05, 0.1) is 11.4 Å². The third-order valence-corrected chi connectivity index (χ3v) is 5.27. The Morgan fingerprint density at radius 3 is 2.45 bits per heavy atom. The molecule has 0 radical (unpaired) electrons. The van der Waals surface area contributed by atoms with Crippen LogP contribution in [0.4, 0.5) is 11.4 Å². The number of rotatable bonds is 8. The van der Waals surface area contributed by atoms with Crippen LogP contribution in [0.2, 0.25) is 5.02 Å². The molecule has 0 atom stereocenters. The summed E-state index contributed by atoms with van der Waals surface area (Å²) in [6.45, 7) is 5.55. The fraction of sp³-hybridized carbons (Fsp3) is 0.273. The maximum atomic E-state index is 6.22. The number of aryl methyl sites for hydroxylation is 2. The predicted molar refractivity (Wildman–Crippen MR) is 125 cm³/mol. The Morgan fingerprint density at radius 1 is 1.07 bits per heavy atom. The topological polar surface area (TPSA) is 33.4 Å². The predicted octanol–water partition coefficient (Wildman–Crippen LogP) is 6.18. The summed E-state index contributed by atoms with van der Waals surface area (Å²) in [4.78, 5) is 11.2. The average Bonchev–Trinajstić information content (AvgIpc) is 3.12. The molecule has 1 aromatic heterocycles. The Bertz CT molecular complexity index is 991.